The molecule has 0 aliphatic carbocycles. The van der Waals surface area contributed by atoms with Crippen LogP contribution in [0, 0.1) is 22.0 Å². The number of aromatic hydroxyl groups is 2. The molecule has 4 amide bonds. The number of hydrogen-bond donors (Lipinski definition) is 7. The zero-order valence-corrected chi connectivity index (χ0v) is 26.4. The van der Waals surface area contributed by atoms with Crippen LogP contribution in [0.2, 0.25) is 0 Å². The average Bonchev–Trinajstić information content (AvgIpc) is 2.94. The zero-order valence-electron chi connectivity index (χ0n) is 26.4. The first kappa shape index (κ1) is 36.5. The third-order valence-electron chi connectivity index (χ3n) is 6.89. The lowest BCUT2D eigenvalue weighted by Gasteiger charge is -2.31. The fraction of sp³-hybridized carbons (Fsp3) is 0.484. The fourth-order valence-corrected chi connectivity index (χ4v) is 4.57. The number of hydrogen-bond acceptors (Lipinski definition) is 9. The highest BCUT2D eigenvalue weighted by Crippen LogP contribution is 2.22. The van der Waals surface area contributed by atoms with Crippen molar-refractivity contribution in [1.82, 2.24) is 21.3 Å². The number of phenolic OH excluding ortho intramolecular Hbond substituents is 2. The van der Waals surface area contributed by atoms with Gasteiger partial charge >= 0.3 is 0 Å². The molecule has 2 aromatic rings. The predicted molar refractivity (Wildman–Crippen MR) is 167 cm³/mol. The lowest BCUT2D eigenvalue weighted by molar-refractivity contribution is -0.384. The first-order valence-corrected chi connectivity index (χ1v) is 14.6. The summed E-state index contributed by atoms with van der Waals surface area (Å²) in [6, 6.07) is 6.25. The second kappa shape index (κ2) is 15.8. The van der Waals surface area contributed by atoms with Gasteiger partial charge in [0.2, 0.25) is 17.7 Å². The van der Waals surface area contributed by atoms with E-state index in [9.17, 15) is 39.5 Å². The van der Waals surface area contributed by atoms with Gasteiger partial charge in [-0.2, -0.15) is 0 Å². The van der Waals surface area contributed by atoms with Gasteiger partial charge in [0.05, 0.1) is 10.5 Å². The van der Waals surface area contributed by atoms with Gasteiger partial charge in [0.1, 0.15) is 29.6 Å². The summed E-state index contributed by atoms with van der Waals surface area (Å²) in [5, 5.41) is 41.1. The maximum Gasteiger partial charge on any atom is 0.269 e. The Bertz CT molecular complexity index is 1380. The van der Waals surface area contributed by atoms with Crippen molar-refractivity contribution >= 4 is 29.3 Å². The number of non-ortho nitro benzene ring substituents is 1. The van der Waals surface area contributed by atoms with Crippen molar-refractivity contribution in [3.63, 3.8) is 0 Å². The van der Waals surface area contributed by atoms with Crippen LogP contribution in [-0.4, -0.2) is 69.0 Å². The number of rotatable bonds is 15. The third-order valence-corrected chi connectivity index (χ3v) is 6.89. The molecule has 0 aromatic heterocycles. The molecule has 0 bridgehead atoms. The monoisotopic (exact) mass is 628 g/mol. The smallest absolute Gasteiger partial charge is 0.269 e. The van der Waals surface area contributed by atoms with E-state index < -0.39 is 52.2 Å². The molecular weight excluding hydrogens is 584 g/mol. The van der Waals surface area contributed by atoms with E-state index >= 15 is 0 Å². The van der Waals surface area contributed by atoms with Crippen LogP contribution in [0.15, 0.2) is 42.5 Å². The van der Waals surface area contributed by atoms with Gasteiger partial charge in [0.15, 0.2) is 0 Å². The number of benzene rings is 2. The molecule has 0 saturated heterocycles. The summed E-state index contributed by atoms with van der Waals surface area (Å²) in [5.41, 5.74) is 5.75. The Kier molecular flexibility index (Phi) is 12.8. The molecule has 0 spiro atoms. The number of phenols is 2. The van der Waals surface area contributed by atoms with Crippen molar-refractivity contribution < 1.29 is 34.3 Å². The summed E-state index contributed by atoms with van der Waals surface area (Å²) in [7, 11) is 0. The molecule has 0 saturated carbocycles. The maximum atomic E-state index is 13.4. The van der Waals surface area contributed by atoms with E-state index in [2.05, 4.69) is 21.3 Å². The lowest BCUT2D eigenvalue weighted by Crippen LogP contribution is -2.60. The molecule has 0 heterocycles. The van der Waals surface area contributed by atoms with E-state index in [0.29, 0.717) is 12.8 Å². The van der Waals surface area contributed by atoms with Gasteiger partial charge in [0.25, 0.3) is 11.6 Å². The molecule has 14 nitrogen and oxygen atoms in total. The van der Waals surface area contributed by atoms with Gasteiger partial charge in [-0.15, -0.1) is 0 Å². The van der Waals surface area contributed by atoms with Gasteiger partial charge < -0.3 is 37.2 Å². The molecule has 0 unspecified atom stereocenters. The van der Waals surface area contributed by atoms with Gasteiger partial charge in [-0.1, -0.05) is 39.8 Å². The van der Waals surface area contributed by atoms with E-state index in [1.165, 1.54) is 18.2 Å². The molecule has 8 N–H and O–H groups in total. The highest BCUT2D eigenvalue weighted by molar-refractivity contribution is 5.98. The Balaban J connectivity index is 2.05. The molecule has 0 radical (unpaired) electrons. The second-order valence-electron chi connectivity index (χ2n) is 12.4. The number of amides is 4. The Morgan fingerprint density at radius 1 is 0.933 bits per heavy atom. The largest absolute Gasteiger partial charge is 0.508 e. The summed E-state index contributed by atoms with van der Waals surface area (Å²) in [6.07, 6.45) is 0.695. The molecule has 2 rings (SSSR count). The number of nitro groups is 1. The highest BCUT2D eigenvalue weighted by Gasteiger charge is 2.32. The molecule has 0 aliphatic heterocycles. The Morgan fingerprint density at radius 2 is 1.56 bits per heavy atom. The first-order chi connectivity index (χ1) is 20.9. The van der Waals surface area contributed by atoms with E-state index in [4.69, 9.17) is 5.73 Å². The minimum atomic E-state index is -1.25. The van der Waals surface area contributed by atoms with Crippen molar-refractivity contribution in [1.29, 1.82) is 0 Å². The molecule has 3 atom stereocenters. The number of nitro benzene ring substituents is 1. The van der Waals surface area contributed by atoms with Crippen LogP contribution >= 0.6 is 0 Å². The predicted octanol–water partition coefficient (Wildman–Crippen LogP) is 1.87. The van der Waals surface area contributed by atoms with Crippen LogP contribution in [0.25, 0.3) is 0 Å². The number of carbonyl (C=O) groups is 4. The standard InChI is InChI=1S/C31H44N6O8/c1-17(2)13-24(29(42)36-31(5,6)15-19-7-9-20(10-8-19)37(44)45)34-30(43)26(18(3)4)35-28(41)23(32)16-33-27(40)22-14-21(38)11-12-25(22)39/h7-12,14,17-18,23-24,26,38-39H,13,15-16,32H2,1-6H3,(H,33,40)(H,34,43)(H,35,41)(H,36,42)/t23-,24-,26-/m0/s1. The van der Waals surface area contributed by atoms with Crippen LogP contribution in [-0.2, 0) is 20.8 Å². The van der Waals surface area contributed by atoms with Gasteiger partial charge in [-0.05, 0) is 62.3 Å². The number of nitrogens with two attached hydrogens (primary N) is 1. The van der Waals surface area contributed by atoms with Crippen LogP contribution in [0.5, 0.6) is 11.5 Å². The number of carbonyl (C=O) groups excluding carboxylic acids is 4. The van der Waals surface area contributed by atoms with E-state index in [1.54, 1.807) is 39.8 Å². The second-order valence-corrected chi connectivity index (χ2v) is 12.4. The minimum Gasteiger partial charge on any atom is -0.508 e. The molecule has 2 aromatic carbocycles. The molecule has 0 aliphatic rings. The molecular formula is C31H44N6O8. The SMILES string of the molecule is CC(C)C[C@H](NC(=O)[C@@H](NC(=O)[C@@H](N)CNC(=O)c1cc(O)ccc1O)C(C)C)C(=O)NC(C)(C)Cc1ccc([N+](=O)[O-])cc1. The molecule has 45 heavy (non-hydrogen) atoms. The van der Waals surface area contributed by atoms with Crippen LogP contribution in [0.1, 0.15) is 63.9 Å². The van der Waals surface area contributed by atoms with E-state index in [-0.39, 0.29) is 41.1 Å². The minimum absolute atomic E-state index is 0.0357. The van der Waals surface area contributed by atoms with Gasteiger partial charge in [-0.25, -0.2) is 0 Å². The van der Waals surface area contributed by atoms with Crippen LogP contribution < -0.4 is 27.0 Å². The maximum absolute atomic E-state index is 13.4. The van der Waals surface area contributed by atoms with E-state index in [0.717, 1.165) is 17.7 Å². The van der Waals surface area contributed by atoms with Crippen molar-refractivity contribution in [2.75, 3.05) is 6.54 Å². The molecule has 14 heteroatoms. The zero-order chi connectivity index (χ0) is 34.1. The number of nitrogens with one attached hydrogen (secondary N) is 4. The average molecular weight is 629 g/mol. The lowest BCUT2D eigenvalue weighted by atomic mass is 9.93. The summed E-state index contributed by atoms with van der Waals surface area (Å²) in [5.74, 6) is -3.45. The normalized spacial score (nSPS) is 13.4. The Hall–Kier alpha value is -4.72. The Morgan fingerprint density at radius 3 is 2.11 bits per heavy atom. The first-order valence-electron chi connectivity index (χ1n) is 14.6. The summed E-state index contributed by atoms with van der Waals surface area (Å²) < 4.78 is 0. The topological polar surface area (TPSA) is 226 Å². The van der Waals surface area contributed by atoms with Crippen molar-refractivity contribution in [2.45, 2.75) is 78.0 Å². The van der Waals surface area contributed by atoms with Crippen molar-refractivity contribution in [3.8, 4) is 11.5 Å². The summed E-state index contributed by atoms with van der Waals surface area (Å²) >= 11 is 0. The van der Waals surface area contributed by atoms with Crippen LogP contribution in [0.4, 0.5) is 5.69 Å². The van der Waals surface area contributed by atoms with Gasteiger partial charge in [-0.3, -0.25) is 29.3 Å². The molecule has 246 valence electrons. The third kappa shape index (κ3) is 11.4. The molecule has 0 fully saturated rings. The van der Waals surface area contributed by atoms with Crippen molar-refractivity contribution in [2.24, 2.45) is 17.6 Å². The van der Waals surface area contributed by atoms with Crippen LogP contribution in [0.3, 0.4) is 0 Å². The highest BCUT2D eigenvalue weighted by atomic mass is 16.6. The summed E-state index contributed by atoms with van der Waals surface area (Å²) in [6.45, 7) is 10.5. The van der Waals surface area contributed by atoms with Gasteiger partial charge in [0, 0.05) is 24.2 Å². The fourth-order valence-electron chi connectivity index (χ4n) is 4.57. The number of nitrogens with zero attached hydrogens (tertiary/aromatic N) is 1. The Labute approximate surface area is 262 Å². The van der Waals surface area contributed by atoms with E-state index in [1.807, 2.05) is 13.8 Å². The van der Waals surface area contributed by atoms with Crippen molar-refractivity contribution in [3.05, 3.63) is 63.7 Å². The quantitative estimate of drug-likeness (QED) is 0.0867. The summed E-state index contributed by atoms with van der Waals surface area (Å²) in [4.78, 5) is 62.5.